The number of rotatable bonds is 4. The lowest BCUT2D eigenvalue weighted by atomic mass is 10.1. The number of nitrogens with one attached hydrogen (secondary N) is 1. The number of aryl methyl sites for hydroxylation is 1. The first-order valence-corrected chi connectivity index (χ1v) is 9.16. The van der Waals surface area contributed by atoms with Crippen LogP contribution in [-0.2, 0) is 25.4 Å². The topological polar surface area (TPSA) is 78.0 Å². The summed E-state index contributed by atoms with van der Waals surface area (Å²) in [6.07, 6.45) is 1.81. The van der Waals surface area contributed by atoms with E-state index in [4.69, 9.17) is 0 Å². The number of hydrogen-bond donors (Lipinski definition) is 1. The van der Waals surface area contributed by atoms with Gasteiger partial charge in [0.05, 0.1) is 5.52 Å². The Labute approximate surface area is 166 Å². The minimum Gasteiger partial charge on any atom is -0.344 e. The van der Waals surface area contributed by atoms with Crippen molar-refractivity contribution in [1.29, 1.82) is 0 Å². The molecule has 4 aromatic rings. The lowest BCUT2D eigenvalue weighted by Gasteiger charge is -2.12. The summed E-state index contributed by atoms with van der Waals surface area (Å²) in [6, 6.07) is 18.5. The summed E-state index contributed by atoms with van der Waals surface area (Å²) in [4.78, 5) is 38.4. The predicted molar refractivity (Wildman–Crippen MR) is 113 cm³/mol. The third kappa shape index (κ3) is 3.27. The second kappa shape index (κ2) is 7.27. The summed E-state index contributed by atoms with van der Waals surface area (Å²) in [5.41, 5.74) is 2.13. The normalized spacial score (nSPS) is 11.0. The van der Waals surface area contributed by atoms with Crippen molar-refractivity contribution in [2.24, 2.45) is 14.1 Å². The van der Waals surface area contributed by atoms with Crippen LogP contribution < -0.4 is 16.6 Å². The fourth-order valence-corrected chi connectivity index (χ4v) is 3.50. The Bertz CT molecular complexity index is 1320. The number of carbonyl (C=O) groups excluding carboxylic acids is 1. The van der Waals surface area contributed by atoms with Crippen LogP contribution in [0.25, 0.3) is 22.2 Å². The first-order chi connectivity index (χ1) is 14.0. The van der Waals surface area contributed by atoms with E-state index >= 15 is 0 Å². The van der Waals surface area contributed by atoms with Gasteiger partial charge in [-0.2, -0.15) is 0 Å². The summed E-state index contributed by atoms with van der Waals surface area (Å²) in [5.74, 6) is -0.346. The molecule has 7 nitrogen and oxygen atoms in total. The molecule has 1 amide bonds. The van der Waals surface area contributed by atoms with E-state index in [-0.39, 0.29) is 12.5 Å². The molecule has 0 fully saturated rings. The maximum Gasteiger partial charge on any atom is 0.331 e. The highest BCUT2D eigenvalue weighted by atomic mass is 16.2. The standard InChI is InChI=1S/C22H20N4O3/c1-24-13-17(15-9-5-3-6-10-15)19-20(24)21(28)25(2)22(29)26(19)14-18(27)23-16-11-7-4-8-12-16/h3-13H,14H2,1-2H3,(H,23,27). The van der Waals surface area contributed by atoms with Crippen molar-refractivity contribution in [3.63, 3.8) is 0 Å². The minimum atomic E-state index is -0.533. The molecular formula is C22H20N4O3. The smallest absolute Gasteiger partial charge is 0.331 e. The monoisotopic (exact) mass is 388 g/mol. The number of aromatic nitrogens is 3. The van der Waals surface area contributed by atoms with Gasteiger partial charge in [0.15, 0.2) is 0 Å². The highest BCUT2D eigenvalue weighted by Crippen LogP contribution is 2.27. The van der Waals surface area contributed by atoms with Crippen molar-refractivity contribution in [3.05, 3.63) is 87.7 Å². The van der Waals surface area contributed by atoms with E-state index in [1.807, 2.05) is 54.7 Å². The van der Waals surface area contributed by atoms with Gasteiger partial charge in [-0.05, 0) is 17.7 Å². The van der Waals surface area contributed by atoms with Crippen LogP contribution in [0.3, 0.4) is 0 Å². The lowest BCUT2D eigenvalue weighted by molar-refractivity contribution is -0.116. The van der Waals surface area contributed by atoms with Gasteiger partial charge >= 0.3 is 5.69 Å². The number of amides is 1. The zero-order valence-electron chi connectivity index (χ0n) is 16.1. The molecule has 0 aliphatic rings. The van der Waals surface area contributed by atoms with Crippen LogP contribution in [0.2, 0.25) is 0 Å². The third-order valence-electron chi connectivity index (χ3n) is 4.89. The SMILES string of the molecule is Cn1c(=O)c2c(c(-c3ccccc3)cn2C)n(CC(=O)Nc2ccccc2)c1=O. The highest BCUT2D eigenvalue weighted by molar-refractivity contribution is 5.95. The summed E-state index contributed by atoms with van der Waals surface area (Å²) < 4.78 is 4.09. The van der Waals surface area contributed by atoms with Gasteiger partial charge in [-0.3, -0.25) is 18.7 Å². The average molecular weight is 388 g/mol. The number of para-hydroxylation sites is 1. The molecule has 0 unspecified atom stereocenters. The largest absolute Gasteiger partial charge is 0.344 e. The zero-order chi connectivity index (χ0) is 20.5. The van der Waals surface area contributed by atoms with Gasteiger partial charge < -0.3 is 9.88 Å². The molecular weight excluding hydrogens is 368 g/mol. The highest BCUT2D eigenvalue weighted by Gasteiger charge is 2.20. The van der Waals surface area contributed by atoms with E-state index in [0.29, 0.717) is 16.7 Å². The molecule has 0 bridgehead atoms. The summed E-state index contributed by atoms with van der Waals surface area (Å²) in [7, 11) is 3.18. The van der Waals surface area contributed by atoms with Crippen LogP contribution in [0.5, 0.6) is 0 Å². The van der Waals surface area contributed by atoms with E-state index in [1.54, 1.807) is 23.7 Å². The van der Waals surface area contributed by atoms with Crippen LogP contribution in [0.15, 0.2) is 76.4 Å². The van der Waals surface area contributed by atoms with Gasteiger partial charge in [-0.15, -0.1) is 0 Å². The fraction of sp³-hybridized carbons (Fsp3) is 0.136. The Morgan fingerprint density at radius 2 is 1.52 bits per heavy atom. The van der Waals surface area contributed by atoms with Gasteiger partial charge in [-0.25, -0.2) is 4.79 Å². The molecule has 4 rings (SSSR count). The quantitative estimate of drug-likeness (QED) is 0.583. The molecule has 2 aromatic carbocycles. The molecule has 0 aliphatic carbocycles. The Morgan fingerprint density at radius 1 is 0.897 bits per heavy atom. The molecule has 1 N–H and O–H groups in total. The second-order valence-corrected chi connectivity index (χ2v) is 6.86. The minimum absolute atomic E-state index is 0.206. The maximum atomic E-state index is 12.9. The van der Waals surface area contributed by atoms with Crippen molar-refractivity contribution in [3.8, 4) is 11.1 Å². The molecule has 0 spiro atoms. The Morgan fingerprint density at radius 3 is 2.17 bits per heavy atom. The number of hydrogen-bond acceptors (Lipinski definition) is 3. The molecule has 0 saturated heterocycles. The van der Waals surface area contributed by atoms with E-state index in [1.165, 1.54) is 11.6 Å². The Kier molecular flexibility index (Phi) is 4.64. The molecule has 0 saturated carbocycles. The summed E-state index contributed by atoms with van der Waals surface area (Å²) in [6.45, 7) is -0.206. The van der Waals surface area contributed by atoms with Crippen molar-refractivity contribution >= 4 is 22.6 Å². The van der Waals surface area contributed by atoms with Gasteiger partial charge in [0, 0.05) is 31.5 Å². The number of nitrogens with zero attached hydrogens (tertiary/aromatic N) is 3. The van der Waals surface area contributed by atoms with E-state index in [2.05, 4.69) is 5.32 Å². The van der Waals surface area contributed by atoms with Crippen molar-refractivity contribution in [2.45, 2.75) is 6.54 Å². The number of anilines is 1. The molecule has 0 radical (unpaired) electrons. The average Bonchev–Trinajstić information content (AvgIpc) is 3.08. The van der Waals surface area contributed by atoms with Crippen LogP contribution in [0.1, 0.15) is 0 Å². The molecule has 29 heavy (non-hydrogen) atoms. The molecule has 146 valence electrons. The van der Waals surface area contributed by atoms with Crippen molar-refractivity contribution < 1.29 is 4.79 Å². The number of fused-ring (bicyclic) bond motifs is 1. The van der Waals surface area contributed by atoms with Crippen LogP contribution in [-0.4, -0.2) is 19.6 Å². The lowest BCUT2D eigenvalue weighted by Crippen LogP contribution is -2.40. The van der Waals surface area contributed by atoms with E-state index in [0.717, 1.165) is 15.7 Å². The van der Waals surface area contributed by atoms with Gasteiger partial charge in [0.2, 0.25) is 5.91 Å². The fourth-order valence-electron chi connectivity index (χ4n) is 3.50. The first kappa shape index (κ1) is 18.5. The predicted octanol–water partition coefficient (Wildman–Crippen LogP) is 2.34. The van der Waals surface area contributed by atoms with Crippen LogP contribution in [0, 0.1) is 0 Å². The molecule has 7 heteroatoms. The second-order valence-electron chi connectivity index (χ2n) is 6.86. The van der Waals surface area contributed by atoms with Gasteiger partial charge in [0.1, 0.15) is 12.1 Å². The van der Waals surface area contributed by atoms with E-state index in [9.17, 15) is 14.4 Å². The molecule has 2 aromatic heterocycles. The van der Waals surface area contributed by atoms with Crippen LogP contribution >= 0.6 is 0 Å². The maximum absolute atomic E-state index is 12.9. The first-order valence-electron chi connectivity index (χ1n) is 9.16. The van der Waals surface area contributed by atoms with Crippen molar-refractivity contribution in [1.82, 2.24) is 13.7 Å². The third-order valence-corrected chi connectivity index (χ3v) is 4.89. The van der Waals surface area contributed by atoms with E-state index < -0.39 is 11.2 Å². The van der Waals surface area contributed by atoms with Crippen LogP contribution in [0.4, 0.5) is 5.69 Å². The summed E-state index contributed by atoms with van der Waals surface area (Å²) >= 11 is 0. The zero-order valence-corrected chi connectivity index (χ0v) is 16.1. The van der Waals surface area contributed by atoms with Crippen molar-refractivity contribution in [2.75, 3.05) is 5.32 Å². The van der Waals surface area contributed by atoms with Gasteiger partial charge in [-0.1, -0.05) is 48.5 Å². The Hall–Kier alpha value is -3.87. The molecule has 0 aliphatic heterocycles. The van der Waals surface area contributed by atoms with Gasteiger partial charge in [0.25, 0.3) is 5.56 Å². The summed E-state index contributed by atoms with van der Waals surface area (Å²) in [5, 5.41) is 2.79. The molecule has 2 heterocycles. The number of benzene rings is 2. The molecule has 0 atom stereocenters. The Balaban J connectivity index is 1.90. The number of carbonyl (C=O) groups is 1.